The minimum absolute atomic E-state index is 0.140. The number of nitrogens with two attached hydrogens (primary N) is 1. The first-order chi connectivity index (χ1) is 15.8. The second-order valence-corrected chi connectivity index (χ2v) is 8.49. The second kappa shape index (κ2) is 10.8. The van der Waals surface area contributed by atoms with Gasteiger partial charge in [0.15, 0.2) is 0 Å². The number of hydrogen-bond acceptors (Lipinski definition) is 4. The number of amides is 2. The summed E-state index contributed by atoms with van der Waals surface area (Å²) in [6.45, 7) is 3.56. The van der Waals surface area contributed by atoms with Crippen LogP contribution in [0.1, 0.15) is 25.0 Å². The zero-order valence-corrected chi connectivity index (χ0v) is 18.7. The van der Waals surface area contributed by atoms with E-state index < -0.39 is 35.9 Å². The lowest BCUT2D eigenvalue weighted by Gasteiger charge is -2.25. The molecule has 3 unspecified atom stereocenters. The highest BCUT2D eigenvalue weighted by atomic mass is 16.4. The molecule has 0 spiro atoms. The highest BCUT2D eigenvalue weighted by molar-refractivity contribution is 5.92. The number of aliphatic carboxylic acids is 1. The first-order valence-corrected chi connectivity index (χ1v) is 10.9. The molecule has 6 N–H and O–H groups in total. The van der Waals surface area contributed by atoms with Crippen molar-refractivity contribution in [1.82, 2.24) is 15.6 Å². The number of aromatic nitrogens is 1. The van der Waals surface area contributed by atoms with E-state index in [1.54, 1.807) is 26.0 Å². The van der Waals surface area contributed by atoms with Crippen molar-refractivity contribution in [3.8, 4) is 0 Å². The molecule has 33 heavy (non-hydrogen) atoms. The van der Waals surface area contributed by atoms with Gasteiger partial charge in [0.25, 0.3) is 0 Å². The predicted molar refractivity (Wildman–Crippen MR) is 126 cm³/mol. The van der Waals surface area contributed by atoms with Crippen LogP contribution in [0.4, 0.5) is 0 Å². The molecule has 0 bridgehead atoms. The third-order valence-corrected chi connectivity index (χ3v) is 5.60. The summed E-state index contributed by atoms with van der Waals surface area (Å²) in [5.74, 6) is -2.43. The minimum atomic E-state index is -1.14. The van der Waals surface area contributed by atoms with Crippen LogP contribution < -0.4 is 16.4 Å². The van der Waals surface area contributed by atoms with Gasteiger partial charge in [-0.1, -0.05) is 62.4 Å². The smallest absolute Gasteiger partial charge is 0.326 e. The van der Waals surface area contributed by atoms with Gasteiger partial charge in [-0.2, -0.15) is 0 Å². The van der Waals surface area contributed by atoms with Crippen molar-refractivity contribution >= 4 is 28.7 Å². The van der Waals surface area contributed by atoms with E-state index in [0.717, 1.165) is 22.0 Å². The van der Waals surface area contributed by atoms with Crippen LogP contribution >= 0.6 is 0 Å². The van der Waals surface area contributed by atoms with Crippen molar-refractivity contribution in [3.63, 3.8) is 0 Å². The van der Waals surface area contributed by atoms with Gasteiger partial charge in [0.05, 0.1) is 6.04 Å². The van der Waals surface area contributed by atoms with E-state index in [-0.39, 0.29) is 12.3 Å². The Hall–Kier alpha value is -3.65. The first kappa shape index (κ1) is 24.0. The van der Waals surface area contributed by atoms with Crippen molar-refractivity contribution in [2.75, 3.05) is 0 Å². The quantitative estimate of drug-likeness (QED) is 0.322. The molecule has 1 aromatic heterocycles. The molecule has 0 fully saturated rings. The maximum absolute atomic E-state index is 12.9. The molecule has 0 saturated heterocycles. The third-order valence-electron chi connectivity index (χ3n) is 5.60. The number of rotatable bonds is 10. The minimum Gasteiger partial charge on any atom is -0.480 e. The van der Waals surface area contributed by atoms with Crippen molar-refractivity contribution in [2.45, 2.75) is 44.8 Å². The molecule has 0 aliphatic heterocycles. The predicted octanol–water partition coefficient (Wildman–Crippen LogP) is 1.99. The van der Waals surface area contributed by atoms with Gasteiger partial charge < -0.3 is 26.5 Å². The Kier molecular flexibility index (Phi) is 7.84. The van der Waals surface area contributed by atoms with Crippen LogP contribution in [0.15, 0.2) is 60.8 Å². The van der Waals surface area contributed by atoms with Crippen LogP contribution in [-0.2, 0) is 27.2 Å². The number of fused-ring (bicyclic) bond motifs is 1. The number of nitrogens with one attached hydrogen (secondary N) is 3. The molecule has 0 radical (unpaired) electrons. The molecular formula is C25H30N4O4. The Bertz CT molecular complexity index is 1110. The lowest BCUT2D eigenvalue weighted by atomic mass is 10.00. The Morgan fingerprint density at radius 2 is 1.61 bits per heavy atom. The zero-order chi connectivity index (χ0) is 24.0. The Balaban J connectivity index is 1.65. The van der Waals surface area contributed by atoms with E-state index in [2.05, 4.69) is 15.6 Å². The number of carbonyl (C=O) groups excluding carboxylic acids is 2. The number of carbonyl (C=O) groups is 3. The van der Waals surface area contributed by atoms with Gasteiger partial charge in [0.2, 0.25) is 11.8 Å². The number of hydrogen-bond donors (Lipinski definition) is 5. The Labute approximate surface area is 192 Å². The van der Waals surface area contributed by atoms with E-state index in [1.165, 1.54) is 0 Å². The van der Waals surface area contributed by atoms with Gasteiger partial charge >= 0.3 is 5.97 Å². The highest BCUT2D eigenvalue weighted by Gasteiger charge is 2.30. The van der Waals surface area contributed by atoms with Crippen molar-refractivity contribution in [1.29, 1.82) is 0 Å². The summed E-state index contributed by atoms with van der Waals surface area (Å²) in [4.78, 5) is 40.6. The highest BCUT2D eigenvalue weighted by Crippen LogP contribution is 2.19. The van der Waals surface area contributed by atoms with Crippen LogP contribution in [0.5, 0.6) is 0 Å². The van der Waals surface area contributed by atoms with Gasteiger partial charge in [-0.15, -0.1) is 0 Å². The Morgan fingerprint density at radius 3 is 2.27 bits per heavy atom. The number of para-hydroxylation sites is 1. The third kappa shape index (κ3) is 6.20. The van der Waals surface area contributed by atoms with Crippen LogP contribution in [0.3, 0.4) is 0 Å². The molecular weight excluding hydrogens is 420 g/mol. The maximum Gasteiger partial charge on any atom is 0.326 e. The first-order valence-electron chi connectivity index (χ1n) is 10.9. The fraction of sp³-hybridized carbons (Fsp3) is 0.320. The number of aromatic amines is 1. The van der Waals surface area contributed by atoms with Crippen molar-refractivity contribution < 1.29 is 19.5 Å². The average Bonchev–Trinajstić information content (AvgIpc) is 3.20. The summed E-state index contributed by atoms with van der Waals surface area (Å²) in [6, 6.07) is 13.9. The summed E-state index contributed by atoms with van der Waals surface area (Å²) in [5, 5.41) is 15.8. The molecule has 2 aromatic carbocycles. The number of H-pyrrole nitrogens is 1. The largest absolute Gasteiger partial charge is 0.480 e. The summed E-state index contributed by atoms with van der Waals surface area (Å²) < 4.78 is 0. The Morgan fingerprint density at radius 1 is 0.939 bits per heavy atom. The fourth-order valence-electron chi connectivity index (χ4n) is 3.74. The van der Waals surface area contributed by atoms with E-state index in [4.69, 9.17) is 5.73 Å². The summed E-state index contributed by atoms with van der Waals surface area (Å²) in [6.07, 6.45) is 2.26. The molecule has 3 aromatic rings. The topological polar surface area (TPSA) is 137 Å². The molecule has 3 rings (SSSR count). The van der Waals surface area contributed by atoms with Gasteiger partial charge in [0.1, 0.15) is 12.1 Å². The van der Waals surface area contributed by atoms with Crippen molar-refractivity contribution in [3.05, 3.63) is 71.9 Å². The average molecular weight is 451 g/mol. The summed E-state index contributed by atoms with van der Waals surface area (Å²) in [7, 11) is 0. The van der Waals surface area contributed by atoms with E-state index in [9.17, 15) is 19.5 Å². The van der Waals surface area contributed by atoms with Crippen LogP contribution in [0.2, 0.25) is 0 Å². The van der Waals surface area contributed by atoms with Gasteiger partial charge in [0, 0.05) is 23.5 Å². The number of carboxylic acids is 1. The van der Waals surface area contributed by atoms with Crippen LogP contribution in [0.25, 0.3) is 10.9 Å². The molecule has 3 atom stereocenters. The maximum atomic E-state index is 12.9. The van der Waals surface area contributed by atoms with Gasteiger partial charge in [-0.3, -0.25) is 9.59 Å². The molecule has 1 heterocycles. The van der Waals surface area contributed by atoms with Gasteiger partial charge in [-0.05, 0) is 29.5 Å². The summed E-state index contributed by atoms with van der Waals surface area (Å²) in [5.41, 5.74) is 8.80. The molecule has 0 aliphatic carbocycles. The van der Waals surface area contributed by atoms with E-state index in [0.29, 0.717) is 6.42 Å². The molecule has 0 saturated carbocycles. The SMILES string of the molecule is CC(C)C(NC(=O)C(N)Cc1c[nH]c2ccccc12)C(=O)NC(Cc1ccccc1)C(=O)O. The standard InChI is InChI=1S/C25H30N4O4/c1-15(2)22(24(31)28-21(25(32)33)12-16-8-4-3-5-9-16)29-23(30)19(26)13-17-14-27-20-11-7-6-10-18(17)20/h3-11,14-15,19,21-22,27H,12-13,26H2,1-2H3,(H,28,31)(H,29,30)(H,32,33). The van der Waals surface area contributed by atoms with Crippen molar-refractivity contribution in [2.24, 2.45) is 11.7 Å². The monoisotopic (exact) mass is 450 g/mol. The lowest BCUT2D eigenvalue weighted by Crippen LogP contribution is -2.56. The number of benzene rings is 2. The summed E-state index contributed by atoms with van der Waals surface area (Å²) >= 11 is 0. The molecule has 8 heteroatoms. The van der Waals surface area contributed by atoms with E-state index >= 15 is 0 Å². The molecule has 174 valence electrons. The van der Waals surface area contributed by atoms with Gasteiger partial charge in [-0.25, -0.2) is 4.79 Å². The normalized spacial score (nSPS) is 13.9. The second-order valence-electron chi connectivity index (χ2n) is 8.49. The molecule has 2 amide bonds. The fourth-order valence-corrected chi connectivity index (χ4v) is 3.74. The lowest BCUT2D eigenvalue weighted by molar-refractivity contribution is -0.142. The number of carboxylic acid groups (broad SMARTS) is 1. The van der Waals surface area contributed by atoms with Crippen LogP contribution in [-0.4, -0.2) is 46.0 Å². The molecule has 8 nitrogen and oxygen atoms in total. The van der Waals surface area contributed by atoms with Crippen LogP contribution in [0, 0.1) is 5.92 Å². The van der Waals surface area contributed by atoms with E-state index in [1.807, 2.05) is 48.7 Å². The molecule has 0 aliphatic rings. The zero-order valence-electron chi connectivity index (χ0n) is 18.7.